The number of ether oxygens (including phenoxy) is 1. The molecule has 0 spiro atoms. The number of nitrogens with zero attached hydrogens (tertiary/aromatic N) is 3. The molecule has 1 unspecified atom stereocenters. The minimum atomic E-state index is 0.352. The number of hydrogen-bond donors (Lipinski definition) is 0. The molecular formula is C12H15N3O. The van der Waals surface area contributed by atoms with E-state index in [-0.39, 0.29) is 0 Å². The molecule has 0 N–H and O–H groups in total. The molecule has 1 aliphatic heterocycles. The monoisotopic (exact) mass is 217 g/mol. The van der Waals surface area contributed by atoms with E-state index in [1.54, 1.807) is 18.5 Å². The number of rotatable bonds is 2. The molecule has 84 valence electrons. The minimum Gasteiger partial charge on any atom is -0.377 e. The summed E-state index contributed by atoms with van der Waals surface area (Å²) < 4.78 is 5.45. The van der Waals surface area contributed by atoms with Crippen LogP contribution in [0.25, 0.3) is 0 Å². The molecule has 4 nitrogen and oxygen atoms in total. The van der Waals surface area contributed by atoms with Crippen LogP contribution in [0, 0.1) is 11.3 Å². The Balaban J connectivity index is 2.31. The zero-order chi connectivity index (χ0) is 11.4. The Bertz CT molecular complexity index is 399. The van der Waals surface area contributed by atoms with E-state index in [1.807, 2.05) is 0 Å². The van der Waals surface area contributed by atoms with Crippen LogP contribution < -0.4 is 4.90 Å². The van der Waals surface area contributed by atoms with Gasteiger partial charge in [0.05, 0.1) is 36.7 Å². The van der Waals surface area contributed by atoms with Gasteiger partial charge in [0.1, 0.15) is 6.07 Å². The summed E-state index contributed by atoms with van der Waals surface area (Å²) in [5, 5.41) is 9.07. The molecule has 0 aromatic carbocycles. The smallest absolute Gasteiger partial charge is 0.101 e. The zero-order valence-corrected chi connectivity index (χ0v) is 9.39. The highest BCUT2D eigenvalue weighted by atomic mass is 16.5. The SMILES string of the molecule is CCC1COCCN1c1cnccc1C#N. The summed E-state index contributed by atoms with van der Waals surface area (Å²) in [6.07, 6.45) is 4.44. The minimum absolute atomic E-state index is 0.352. The fourth-order valence-electron chi connectivity index (χ4n) is 2.02. The number of hydrogen-bond acceptors (Lipinski definition) is 4. The Morgan fingerprint density at radius 2 is 2.56 bits per heavy atom. The van der Waals surface area contributed by atoms with Crippen molar-refractivity contribution in [2.45, 2.75) is 19.4 Å². The molecule has 0 bridgehead atoms. The summed E-state index contributed by atoms with van der Waals surface area (Å²) in [6, 6.07) is 4.33. The van der Waals surface area contributed by atoms with Crippen LogP contribution in [0.5, 0.6) is 0 Å². The van der Waals surface area contributed by atoms with E-state index in [2.05, 4.69) is 22.9 Å². The second-order valence-electron chi connectivity index (χ2n) is 3.84. The van der Waals surface area contributed by atoms with Crippen molar-refractivity contribution in [1.82, 2.24) is 4.98 Å². The molecule has 1 aromatic heterocycles. The third-order valence-corrected chi connectivity index (χ3v) is 2.93. The van der Waals surface area contributed by atoms with Gasteiger partial charge in [0.15, 0.2) is 0 Å². The molecule has 1 aromatic rings. The van der Waals surface area contributed by atoms with Crippen molar-refractivity contribution in [3.63, 3.8) is 0 Å². The van der Waals surface area contributed by atoms with Crippen molar-refractivity contribution in [1.29, 1.82) is 5.26 Å². The van der Waals surface area contributed by atoms with Gasteiger partial charge in [-0.25, -0.2) is 0 Å². The number of nitriles is 1. The van der Waals surface area contributed by atoms with E-state index in [0.29, 0.717) is 11.6 Å². The van der Waals surface area contributed by atoms with Crippen LogP contribution in [0.1, 0.15) is 18.9 Å². The van der Waals surface area contributed by atoms with E-state index in [0.717, 1.165) is 31.9 Å². The van der Waals surface area contributed by atoms with Crippen LogP contribution in [0.2, 0.25) is 0 Å². The van der Waals surface area contributed by atoms with Crippen molar-refractivity contribution in [2.24, 2.45) is 0 Å². The average molecular weight is 217 g/mol. The predicted octanol–water partition coefficient (Wildman–Crippen LogP) is 1.57. The molecule has 1 atom stereocenters. The van der Waals surface area contributed by atoms with Gasteiger partial charge in [-0.3, -0.25) is 4.98 Å². The van der Waals surface area contributed by atoms with Crippen molar-refractivity contribution in [2.75, 3.05) is 24.7 Å². The summed E-state index contributed by atoms with van der Waals surface area (Å²) in [7, 11) is 0. The van der Waals surface area contributed by atoms with Crippen LogP contribution in [0.15, 0.2) is 18.5 Å². The number of morpholine rings is 1. The van der Waals surface area contributed by atoms with Gasteiger partial charge in [0.2, 0.25) is 0 Å². The Morgan fingerprint density at radius 1 is 1.69 bits per heavy atom. The van der Waals surface area contributed by atoms with Gasteiger partial charge < -0.3 is 9.64 Å². The molecule has 0 amide bonds. The van der Waals surface area contributed by atoms with Gasteiger partial charge in [0, 0.05) is 12.7 Å². The van der Waals surface area contributed by atoms with Crippen molar-refractivity contribution in [3.8, 4) is 6.07 Å². The lowest BCUT2D eigenvalue weighted by molar-refractivity contribution is 0.0929. The molecular weight excluding hydrogens is 202 g/mol. The molecule has 2 heterocycles. The van der Waals surface area contributed by atoms with E-state index < -0.39 is 0 Å². The van der Waals surface area contributed by atoms with E-state index in [4.69, 9.17) is 10.00 Å². The number of anilines is 1. The largest absolute Gasteiger partial charge is 0.377 e. The maximum absolute atomic E-state index is 9.07. The van der Waals surface area contributed by atoms with Gasteiger partial charge in [0.25, 0.3) is 0 Å². The van der Waals surface area contributed by atoms with Gasteiger partial charge in [-0.2, -0.15) is 5.26 Å². The summed E-state index contributed by atoms with van der Waals surface area (Å²) in [4.78, 5) is 6.33. The topological polar surface area (TPSA) is 49.1 Å². The molecule has 0 aliphatic carbocycles. The zero-order valence-electron chi connectivity index (χ0n) is 9.39. The van der Waals surface area contributed by atoms with Crippen LogP contribution >= 0.6 is 0 Å². The van der Waals surface area contributed by atoms with Crippen LogP contribution in [0.3, 0.4) is 0 Å². The van der Waals surface area contributed by atoms with Gasteiger partial charge in [-0.1, -0.05) is 6.92 Å². The Morgan fingerprint density at radius 3 is 3.31 bits per heavy atom. The van der Waals surface area contributed by atoms with Crippen LogP contribution in [0.4, 0.5) is 5.69 Å². The number of aromatic nitrogens is 1. The van der Waals surface area contributed by atoms with Gasteiger partial charge in [-0.05, 0) is 12.5 Å². The first-order valence-corrected chi connectivity index (χ1v) is 5.55. The summed E-state index contributed by atoms with van der Waals surface area (Å²) in [5.41, 5.74) is 1.62. The highest BCUT2D eigenvalue weighted by Gasteiger charge is 2.23. The second kappa shape index (κ2) is 4.95. The predicted molar refractivity (Wildman–Crippen MR) is 61.2 cm³/mol. The molecule has 1 aliphatic rings. The first kappa shape index (κ1) is 10.9. The van der Waals surface area contributed by atoms with Crippen LogP contribution in [-0.2, 0) is 4.74 Å². The maximum Gasteiger partial charge on any atom is 0.101 e. The van der Waals surface area contributed by atoms with Gasteiger partial charge in [-0.15, -0.1) is 0 Å². The number of pyridine rings is 1. The van der Waals surface area contributed by atoms with Crippen molar-refractivity contribution >= 4 is 5.69 Å². The Hall–Kier alpha value is -1.60. The molecule has 0 saturated carbocycles. The normalized spacial score (nSPS) is 20.5. The van der Waals surface area contributed by atoms with E-state index in [1.165, 1.54) is 0 Å². The molecule has 2 rings (SSSR count). The standard InChI is InChI=1S/C12H15N3O/c1-2-11-9-16-6-5-15(11)12-8-14-4-3-10(12)7-13/h3-4,8,11H,2,5-6,9H2,1H3. The van der Waals surface area contributed by atoms with Crippen molar-refractivity contribution < 1.29 is 4.74 Å². The highest BCUT2D eigenvalue weighted by molar-refractivity contribution is 5.58. The summed E-state index contributed by atoms with van der Waals surface area (Å²) in [6.45, 7) is 4.42. The van der Waals surface area contributed by atoms with Crippen LogP contribution in [-0.4, -0.2) is 30.8 Å². The van der Waals surface area contributed by atoms with Crippen molar-refractivity contribution in [3.05, 3.63) is 24.0 Å². The third-order valence-electron chi connectivity index (χ3n) is 2.93. The summed E-state index contributed by atoms with van der Waals surface area (Å²) >= 11 is 0. The molecule has 1 fully saturated rings. The average Bonchev–Trinajstić information content (AvgIpc) is 2.38. The third kappa shape index (κ3) is 2.00. The fraction of sp³-hybridized carbons (Fsp3) is 0.500. The fourth-order valence-corrected chi connectivity index (χ4v) is 2.02. The maximum atomic E-state index is 9.07. The lowest BCUT2D eigenvalue weighted by atomic mass is 10.1. The first-order valence-electron chi connectivity index (χ1n) is 5.55. The molecule has 0 radical (unpaired) electrons. The first-order chi connectivity index (χ1) is 7.86. The lowest BCUT2D eigenvalue weighted by Gasteiger charge is -2.37. The molecule has 1 saturated heterocycles. The second-order valence-corrected chi connectivity index (χ2v) is 3.84. The Labute approximate surface area is 95.5 Å². The molecule has 4 heteroatoms. The van der Waals surface area contributed by atoms with E-state index in [9.17, 15) is 0 Å². The lowest BCUT2D eigenvalue weighted by Crippen LogP contribution is -2.45. The summed E-state index contributed by atoms with van der Waals surface area (Å²) in [5.74, 6) is 0. The highest BCUT2D eigenvalue weighted by Crippen LogP contribution is 2.23. The van der Waals surface area contributed by atoms with E-state index >= 15 is 0 Å². The van der Waals surface area contributed by atoms with Gasteiger partial charge >= 0.3 is 0 Å². The quantitative estimate of drug-likeness (QED) is 0.754. The Kier molecular flexibility index (Phi) is 3.37. The molecule has 16 heavy (non-hydrogen) atoms.